The lowest BCUT2D eigenvalue weighted by Gasteiger charge is -2.09. The maximum atomic E-state index is 10.8. The number of nitrogens with two attached hydrogens (primary N) is 1. The summed E-state index contributed by atoms with van der Waals surface area (Å²) >= 11 is 0. The third-order valence-corrected chi connectivity index (χ3v) is 3.20. The summed E-state index contributed by atoms with van der Waals surface area (Å²) in [5, 5.41) is 0. The molecule has 0 aliphatic rings. The number of pyridine rings is 1. The second kappa shape index (κ2) is 5.62. The molecule has 0 fully saturated rings. The number of fused-ring (bicyclic) bond motifs is 1. The van der Waals surface area contributed by atoms with Crippen LogP contribution < -0.4 is 10.5 Å². The van der Waals surface area contributed by atoms with Crippen molar-refractivity contribution in [3.63, 3.8) is 0 Å². The van der Waals surface area contributed by atoms with Crippen LogP contribution in [-0.4, -0.2) is 22.4 Å². The van der Waals surface area contributed by atoms with Crippen molar-refractivity contribution in [1.82, 2.24) is 9.38 Å². The average molecular weight is 291 g/mol. The summed E-state index contributed by atoms with van der Waals surface area (Å²) in [6.45, 7) is 0. The largest absolute Gasteiger partial charge is 0.482 e. The lowest BCUT2D eigenvalue weighted by atomic mass is 10.1. The molecular formula is C17H13N3O2. The van der Waals surface area contributed by atoms with Crippen LogP contribution in [0.2, 0.25) is 0 Å². The minimum atomic E-state index is -0.685. The van der Waals surface area contributed by atoms with Gasteiger partial charge in [-0.25, -0.2) is 4.98 Å². The van der Waals surface area contributed by atoms with Gasteiger partial charge in [-0.15, -0.1) is 0 Å². The first-order valence-electron chi connectivity index (χ1n) is 6.61. The molecule has 5 heteroatoms. The van der Waals surface area contributed by atoms with Crippen molar-refractivity contribution in [2.45, 2.75) is 0 Å². The van der Waals surface area contributed by atoms with E-state index in [1.165, 1.54) is 0 Å². The molecule has 3 aromatic rings. The monoisotopic (exact) mass is 291 g/mol. The Balaban J connectivity index is 2.19. The van der Waals surface area contributed by atoms with Crippen LogP contribution >= 0.6 is 0 Å². The number of nitrogens with zero attached hydrogens (tertiary/aromatic N) is 2. The number of hydrogen-bond acceptors (Lipinski definition) is 3. The fraction of sp³-hybridized carbons (Fsp3) is 0.0588. The summed E-state index contributed by atoms with van der Waals surface area (Å²) in [4.78, 5) is 15.1. The number of carbonyl (C=O) groups is 1. The summed E-state index contributed by atoms with van der Waals surface area (Å²) in [5.41, 5.74) is 8.34. The van der Waals surface area contributed by atoms with Crippen LogP contribution in [0.5, 0.6) is 5.88 Å². The first-order valence-corrected chi connectivity index (χ1v) is 6.61. The SMILES string of the molecule is COc1cc(-c2ccccc2)cc2ncc(C#CC(N)=O)n12. The number of amides is 1. The molecule has 0 saturated heterocycles. The molecule has 0 spiro atoms. The molecule has 2 aromatic heterocycles. The van der Waals surface area contributed by atoms with Gasteiger partial charge in [0.05, 0.1) is 13.3 Å². The first kappa shape index (κ1) is 13.7. The Kier molecular flexibility index (Phi) is 3.50. The van der Waals surface area contributed by atoms with Gasteiger partial charge in [0.25, 0.3) is 5.91 Å². The number of benzene rings is 1. The maximum absolute atomic E-state index is 10.8. The van der Waals surface area contributed by atoms with Gasteiger partial charge in [-0.2, -0.15) is 0 Å². The van der Waals surface area contributed by atoms with Crippen molar-refractivity contribution in [2.75, 3.05) is 7.11 Å². The molecule has 0 atom stereocenters. The Morgan fingerprint density at radius 1 is 1.23 bits per heavy atom. The normalized spacial score (nSPS) is 10.0. The smallest absolute Gasteiger partial charge is 0.293 e. The van der Waals surface area contributed by atoms with Gasteiger partial charge >= 0.3 is 0 Å². The fourth-order valence-corrected chi connectivity index (χ4v) is 2.24. The summed E-state index contributed by atoms with van der Waals surface area (Å²) < 4.78 is 7.17. The highest BCUT2D eigenvalue weighted by molar-refractivity contribution is 5.92. The summed E-state index contributed by atoms with van der Waals surface area (Å²) in [6.07, 6.45) is 1.59. The molecule has 0 saturated carbocycles. The van der Waals surface area contributed by atoms with E-state index >= 15 is 0 Å². The highest BCUT2D eigenvalue weighted by Crippen LogP contribution is 2.27. The molecule has 0 aliphatic carbocycles. The Labute approximate surface area is 127 Å². The van der Waals surface area contributed by atoms with Crippen LogP contribution in [0.4, 0.5) is 0 Å². The number of imidazole rings is 1. The fourth-order valence-electron chi connectivity index (χ4n) is 2.24. The predicted molar refractivity (Wildman–Crippen MR) is 83.3 cm³/mol. The van der Waals surface area contributed by atoms with Crippen LogP contribution in [0.1, 0.15) is 5.69 Å². The van der Waals surface area contributed by atoms with Gasteiger partial charge in [-0.3, -0.25) is 9.20 Å². The van der Waals surface area contributed by atoms with Crippen molar-refractivity contribution >= 4 is 11.6 Å². The van der Waals surface area contributed by atoms with E-state index in [2.05, 4.69) is 16.8 Å². The summed E-state index contributed by atoms with van der Waals surface area (Å²) in [7, 11) is 1.58. The highest BCUT2D eigenvalue weighted by atomic mass is 16.5. The molecule has 0 unspecified atom stereocenters. The van der Waals surface area contributed by atoms with E-state index in [1.54, 1.807) is 17.7 Å². The van der Waals surface area contributed by atoms with Gasteiger partial charge in [0.2, 0.25) is 5.88 Å². The Hall–Kier alpha value is -3.26. The highest BCUT2D eigenvalue weighted by Gasteiger charge is 2.10. The van der Waals surface area contributed by atoms with Crippen molar-refractivity contribution in [2.24, 2.45) is 5.73 Å². The number of methoxy groups -OCH3 is 1. The van der Waals surface area contributed by atoms with Crippen molar-refractivity contribution in [3.8, 4) is 28.8 Å². The molecule has 108 valence electrons. The minimum Gasteiger partial charge on any atom is -0.482 e. The van der Waals surface area contributed by atoms with Crippen LogP contribution in [0.3, 0.4) is 0 Å². The van der Waals surface area contributed by atoms with E-state index in [-0.39, 0.29) is 0 Å². The van der Waals surface area contributed by atoms with Gasteiger partial charge in [0, 0.05) is 12.0 Å². The minimum absolute atomic E-state index is 0.547. The molecule has 0 aliphatic heterocycles. The zero-order chi connectivity index (χ0) is 15.5. The topological polar surface area (TPSA) is 69.6 Å². The Morgan fingerprint density at radius 2 is 2.00 bits per heavy atom. The number of carbonyl (C=O) groups excluding carboxylic acids is 1. The van der Waals surface area contributed by atoms with Gasteiger partial charge in [-0.05, 0) is 23.1 Å². The van der Waals surface area contributed by atoms with E-state index in [0.29, 0.717) is 17.2 Å². The van der Waals surface area contributed by atoms with Crippen molar-refractivity contribution < 1.29 is 9.53 Å². The van der Waals surface area contributed by atoms with Gasteiger partial charge in [0.15, 0.2) is 0 Å². The van der Waals surface area contributed by atoms with E-state index < -0.39 is 5.91 Å². The maximum Gasteiger partial charge on any atom is 0.293 e. The van der Waals surface area contributed by atoms with Crippen molar-refractivity contribution in [1.29, 1.82) is 0 Å². The van der Waals surface area contributed by atoms with Crippen LogP contribution in [0.15, 0.2) is 48.7 Å². The lowest BCUT2D eigenvalue weighted by molar-refractivity contribution is -0.112. The molecule has 22 heavy (non-hydrogen) atoms. The molecule has 3 rings (SSSR count). The third kappa shape index (κ3) is 2.50. The van der Waals surface area contributed by atoms with E-state index in [0.717, 1.165) is 11.1 Å². The molecule has 0 bridgehead atoms. The number of aromatic nitrogens is 2. The third-order valence-electron chi connectivity index (χ3n) is 3.20. The zero-order valence-electron chi connectivity index (χ0n) is 11.9. The number of hydrogen-bond donors (Lipinski definition) is 1. The van der Waals surface area contributed by atoms with Crippen LogP contribution in [-0.2, 0) is 4.79 Å². The summed E-state index contributed by atoms with van der Waals surface area (Å²) in [6, 6.07) is 13.8. The Bertz CT molecular complexity index is 902. The predicted octanol–water partition coefficient (Wildman–Crippen LogP) is 1.85. The van der Waals surface area contributed by atoms with Gasteiger partial charge < -0.3 is 10.5 Å². The van der Waals surface area contributed by atoms with E-state index in [4.69, 9.17) is 10.5 Å². The zero-order valence-corrected chi connectivity index (χ0v) is 11.9. The van der Waals surface area contributed by atoms with Gasteiger partial charge in [-0.1, -0.05) is 30.3 Å². The number of primary amides is 1. The molecule has 1 amide bonds. The molecule has 2 heterocycles. The molecule has 1 aromatic carbocycles. The standard InChI is InChI=1S/C17H13N3O2/c1-22-17-10-13(12-5-3-2-4-6-12)9-16-19-11-14(20(16)17)7-8-15(18)21/h2-6,9-11H,1H3,(H2,18,21). The molecule has 5 nitrogen and oxygen atoms in total. The Morgan fingerprint density at radius 3 is 2.68 bits per heavy atom. The molecular weight excluding hydrogens is 278 g/mol. The molecule has 0 radical (unpaired) electrons. The summed E-state index contributed by atoms with van der Waals surface area (Å²) in [5.74, 6) is 4.91. The van der Waals surface area contributed by atoms with E-state index in [9.17, 15) is 4.79 Å². The van der Waals surface area contributed by atoms with E-state index in [1.807, 2.05) is 42.5 Å². The van der Waals surface area contributed by atoms with Gasteiger partial charge in [0.1, 0.15) is 11.3 Å². The second-order valence-corrected chi connectivity index (χ2v) is 4.60. The molecule has 2 N–H and O–H groups in total. The van der Waals surface area contributed by atoms with Crippen LogP contribution in [0, 0.1) is 11.8 Å². The number of rotatable bonds is 2. The second-order valence-electron chi connectivity index (χ2n) is 4.60. The first-order chi connectivity index (χ1) is 10.7. The quantitative estimate of drug-likeness (QED) is 0.732. The van der Waals surface area contributed by atoms with Crippen molar-refractivity contribution in [3.05, 3.63) is 54.4 Å². The van der Waals surface area contributed by atoms with Crippen LogP contribution in [0.25, 0.3) is 16.8 Å². The lowest BCUT2D eigenvalue weighted by Crippen LogP contribution is -2.06. The number of ether oxygens (including phenoxy) is 1. The average Bonchev–Trinajstić information content (AvgIpc) is 2.96.